The number of halogens is 3. The van der Waals surface area contributed by atoms with Crippen LogP contribution in [-0.2, 0) is 6.18 Å². The summed E-state index contributed by atoms with van der Waals surface area (Å²) in [5, 5.41) is 10.9. The van der Waals surface area contributed by atoms with E-state index in [1.165, 1.54) is 6.07 Å². The van der Waals surface area contributed by atoms with Gasteiger partial charge in [0.15, 0.2) is 17.1 Å². The summed E-state index contributed by atoms with van der Waals surface area (Å²) in [5.41, 5.74) is 1.59. The number of anilines is 1. The van der Waals surface area contributed by atoms with Crippen molar-refractivity contribution in [3.63, 3.8) is 0 Å². The molecule has 7 nitrogen and oxygen atoms in total. The van der Waals surface area contributed by atoms with Crippen LogP contribution in [0.25, 0.3) is 16.7 Å². The monoisotopic (exact) mass is 388 g/mol. The molecule has 0 N–H and O–H groups in total. The zero-order chi connectivity index (χ0) is 19.3. The maximum Gasteiger partial charge on any atom is 0.453 e. The number of oxazole rings is 1. The third kappa shape index (κ3) is 2.85. The maximum atomic E-state index is 13.1. The Bertz CT molecular complexity index is 1120. The molecule has 4 aromatic rings. The molecular weight excluding hydrogens is 373 g/mol. The first-order chi connectivity index (χ1) is 13.5. The molecule has 1 unspecified atom stereocenters. The first-order valence-corrected chi connectivity index (χ1v) is 8.89. The molecule has 144 valence electrons. The second-order valence-electron chi connectivity index (χ2n) is 6.79. The van der Waals surface area contributed by atoms with Crippen LogP contribution < -0.4 is 4.90 Å². The second kappa shape index (κ2) is 6.18. The Labute approximate surface area is 156 Å². The predicted octanol–water partition coefficient (Wildman–Crippen LogP) is 3.67. The highest BCUT2D eigenvalue weighted by Gasteiger charge is 2.38. The first kappa shape index (κ1) is 17.0. The van der Waals surface area contributed by atoms with Gasteiger partial charge in [0.25, 0.3) is 5.82 Å². The van der Waals surface area contributed by atoms with Crippen LogP contribution in [0.3, 0.4) is 0 Å². The number of nitrogens with zero attached hydrogens (tertiary/aromatic N) is 6. The van der Waals surface area contributed by atoms with E-state index in [0.29, 0.717) is 24.8 Å². The number of hydrogen-bond donors (Lipinski definition) is 0. The van der Waals surface area contributed by atoms with Crippen LogP contribution in [-0.4, -0.2) is 37.9 Å². The Morgan fingerprint density at radius 1 is 1.07 bits per heavy atom. The maximum absolute atomic E-state index is 13.1. The van der Waals surface area contributed by atoms with Crippen LogP contribution in [0.4, 0.5) is 19.0 Å². The molecule has 0 saturated carbocycles. The van der Waals surface area contributed by atoms with E-state index in [2.05, 4.69) is 20.3 Å². The summed E-state index contributed by atoms with van der Waals surface area (Å²) in [7, 11) is 0. The van der Waals surface area contributed by atoms with Crippen molar-refractivity contribution in [1.82, 2.24) is 24.8 Å². The third-order valence-corrected chi connectivity index (χ3v) is 4.91. The molecule has 28 heavy (non-hydrogen) atoms. The highest BCUT2D eigenvalue weighted by Crippen LogP contribution is 2.32. The Balaban J connectivity index is 1.46. The molecule has 0 bridgehead atoms. The van der Waals surface area contributed by atoms with Gasteiger partial charge in [0, 0.05) is 13.1 Å². The standard InChI is InChI=1S/C18H15F3N6O/c19-18(20,21)17-24-23-14-7-8-15(25-27(14)17)26-9-3-4-11(10-26)16-22-12-5-1-2-6-13(12)28-16/h1-2,5-8,11H,3-4,9-10H2. The van der Waals surface area contributed by atoms with Crippen LogP contribution in [0, 0.1) is 0 Å². The van der Waals surface area contributed by atoms with Gasteiger partial charge >= 0.3 is 6.18 Å². The lowest BCUT2D eigenvalue weighted by Gasteiger charge is -2.32. The molecule has 4 heterocycles. The van der Waals surface area contributed by atoms with Crippen molar-refractivity contribution in [2.24, 2.45) is 0 Å². The van der Waals surface area contributed by atoms with E-state index < -0.39 is 12.0 Å². The molecule has 5 rings (SSSR count). The average molecular weight is 388 g/mol. The zero-order valence-electron chi connectivity index (χ0n) is 14.6. The molecule has 1 aliphatic rings. The summed E-state index contributed by atoms with van der Waals surface area (Å²) in [6.45, 7) is 1.26. The topological polar surface area (TPSA) is 72.3 Å². The molecule has 3 aromatic heterocycles. The molecule has 1 aliphatic heterocycles. The molecule has 1 saturated heterocycles. The van der Waals surface area contributed by atoms with Crippen molar-refractivity contribution in [2.75, 3.05) is 18.0 Å². The lowest BCUT2D eigenvalue weighted by atomic mass is 9.98. The smallest absolute Gasteiger partial charge is 0.440 e. The summed E-state index contributed by atoms with van der Waals surface area (Å²) in [4.78, 5) is 6.51. The largest absolute Gasteiger partial charge is 0.453 e. The van der Waals surface area contributed by atoms with E-state index in [4.69, 9.17) is 4.42 Å². The van der Waals surface area contributed by atoms with Crippen molar-refractivity contribution >= 4 is 22.6 Å². The Morgan fingerprint density at radius 3 is 2.75 bits per heavy atom. The number of alkyl halides is 3. The van der Waals surface area contributed by atoms with Crippen LogP contribution in [0.15, 0.2) is 40.8 Å². The van der Waals surface area contributed by atoms with Gasteiger partial charge in [-0.15, -0.1) is 15.3 Å². The number of piperidine rings is 1. The van der Waals surface area contributed by atoms with Gasteiger partial charge in [-0.2, -0.15) is 17.7 Å². The molecule has 1 fully saturated rings. The molecule has 0 amide bonds. The van der Waals surface area contributed by atoms with Crippen molar-refractivity contribution in [1.29, 1.82) is 0 Å². The van der Waals surface area contributed by atoms with Crippen LogP contribution >= 0.6 is 0 Å². The van der Waals surface area contributed by atoms with Crippen molar-refractivity contribution in [3.8, 4) is 0 Å². The van der Waals surface area contributed by atoms with Crippen LogP contribution in [0.2, 0.25) is 0 Å². The fraction of sp³-hybridized carbons (Fsp3) is 0.333. The SMILES string of the molecule is FC(F)(F)c1nnc2ccc(N3CCCC(c4nc5ccccc5o4)C3)nn12. The van der Waals surface area contributed by atoms with E-state index in [-0.39, 0.29) is 11.6 Å². The van der Waals surface area contributed by atoms with Gasteiger partial charge in [0.1, 0.15) is 11.3 Å². The lowest BCUT2D eigenvalue weighted by molar-refractivity contribution is -0.146. The average Bonchev–Trinajstić information content (AvgIpc) is 3.31. The number of hydrogen-bond acceptors (Lipinski definition) is 6. The summed E-state index contributed by atoms with van der Waals surface area (Å²) >= 11 is 0. The molecule has 0 spiro atoms. The summed E-state index contributed by atoms with van der Waals surface area (Å²) in [5.74, 6) is 0.00405. The van der Waals surface area contributed by atoms with Crippen molar-refractivity contribution in [2.45, 2.75) is 24.9 Å². The first-order valence-electron chi connectivity index (χ1n) is 8.89. The van der Waals surface area contributed by atoms with Gasteiger partial charge in [0.2, 0.25) is 0 Å². The zero-order valence-corrected chi connectivity index (χ0v) is 14.6. The van der Waals surface area contributed by atoms with Crippen LogP contribution in [0.5, 0.6) is 0 Å². The predicted molar refractivity (Wildman–Crippen MR) is 94.0 cm³/mol. The van der Waals surface area contributed by atoms with E-state index in [0.717, 1.165) is 28.5 Å². The van der Waals surface area contributed by atoms with E-state index in [1.807, 2.05) is 29.2 Å². The molecule has 10 heteroatoms. The number of rotatable bonds is 2. The normalized spacial score (nSPS) is 18.2. The van der Waals surface area contributed by atoms with Gasteiger partial charge in [-0.05, 0) is 37.1 Å². The van der Waals surface area contributed by atoms with E-state index in [9.17, 15) is 13.2 Å². The molecule has 1 aromatic carbocycles. The lowest BCUT2D eigenvalue weighted by Crippen LogP contribution is -2.35. The Kier molecular flexibility index (Phi) is 3.74. The van der Waals surface area contributed by atoms with Gasteiger partial charge in [-0.3, -0.25) is 0 Å². The molecule has 1 atom stereocenters. The van der Waals surface area contributed by atoms with E-state index in [1.54, 1.807) is 6.07 Å². The van der Waals surface area contributed by atoms with Crippen molar-refractivity contribution in [3.05, 3.63) is 48.1 Å². The third-order valence-electron chi connectivity index (χ3n) is 4.91. The number of fused-ring (bicyclic) bond motifs is 2. The van der Waals surface area contributed by atoms with Crippen molar-refractivity contribution < 1.29 is 17.6 Å². The molecule has 0 radical (unpaired) electrons. The number of para-hydroxylation sites is 2. The second-order valence-corrected chi connectivity index (χ2v) is 6.79. The van der Waals surface area contributed by atoms with E-state index >= 15 is 0 Å². The van der Waals surface area contributed by atoms with Gasteiger partial charge in [0.05, 0.1) is 5.92 Å². The number of benzene rings is 1. The summed E-state index contributed by atoms with van der Waals surface area (Å²) < 4.78 is 46.0. The minimum atomic E-state index is -4.62. The van der Waals surface area contributed by atoms with Crippen LogP contribution in [0.1, 0.15) is 30.5 Å². The van der Waals surface area contributed by atoms with Gasteiger partial charge in [-0.1, -0.05) is 12.1 Å². The quantitative estimate of drug-likeness (QED) is 0.522. The Hall–Kier alpha value is -3.17. The van der Waals surface area contributed by atoms with Gasteiger partial charge < -0.3 is 9.32 Å². The summed E-state index contributed by atoms with van der Waals surface area (Å²) in [6, 6.07) is 10.7. The fourth-order valence-electron chi connectivity index (χ4n) is 3.58. The highest BCUT2D eigenvalue weighted by molar-refractivity contribution is 5.72. The highest BCUT2D eigenvalue weighted by atomic mass is 19.4. The Morgan fingerprint density at radius 2 is 1.93 bits per heavy atom. The fourth-order valence-corrected chi connectivity index (χ4v) is 3.58. The minimum absolute atomic E-state index is 0.0432. The molecule has 0 aliphatic carbocycles. The number of aromatic nitrogens is 5. The summed E-state index contributed by atoms with van der Waals surface area (Å²) in [6.07, 6.45) is -2.86. The molecular formula is C18H15F3N6O. The minimum Gasteiger partial charge on any atom is -0.440 e. The van der Waals surface area contributed by atoms with Gasteiger partial charge in [-0.25, -0.2) is 4.98 Å².